The van der Waals surface area contributed by atoms with Gasteiger partial charge in [0.25, 0.3) is 11.8 Å². The van der Waals surface area contributed by atoms with E-state index in [1.807, 2.05) is 0 Å². The van der Waals surface area contributed by atoms with Crippen LogP contribution < -0.4 is 4.90 Å². The minimum atomic E-state index is -1.50. The van der Waals surface area contributed by atoms with E-state index in [4.69, 9.17) is 0 Å². The fourth-order valence-corrected chi connectivity index (χ4v) is 2.55. The fourth-order valence-electron chi connectivity index (χ4n) is 2.35. The SMILES string of the molecule is O=C(c1c(F)cccc1F)N(C(=O)c1c(F)cccc1F)c1cnc(Br)cn1. The van der Waals surface area contributed by atoms with E-state index in [1.54, 1.807) is 0 Å². The third-order valence-corrected chi connectivity index (χ3v) is 4.00. The molecule has 3 aromatic rings. The van der Waals surface area contributed by atoms with Gasteiger partial charge in [0.15, 0.2) is 5.82 Å². The van der Waals surface area contributed by atoms with Crippen molar-refractivity contribution < 1.29 is 27.2 Å². The van der Waals surface area contributed by atoms with Crippen molar-refractivity contribution in [2.45, 2.75) is 0 Å². The zero-order valence-corrected chi connectivity index (χ0v) is 15.3. The molecule has 0 saturated heterocycles. The lowest BCUT2D eigenvalue weighted by atomic mass is 10.1. The summed E-state index contributed by atoms with van der Waals surface area (Å²) in [6, 6.07) is 5.24. The van der Waals surface area contributed by atoms with Gasteiger partial charge in [-0.15, -0.1) is 0 Å². The van der Waals surface area contributed by atoms with Gasteiger partial charge in [-0.05, 0) is 40.2 Å². The number of hydrogen-bond donors (Lipinski definition) is 0. The Bertz CT molecular complexity index is 973. The predicted molar refractivity (Wildman–Crippen MR) is 93.6 cm³/mol. The second kappa shape index (κ2) is 7.85. The van der Waals surface area contributed by atoms with E-state index < -0.39 is 52.0 Å². The van der Waals surface area contributed by atoms with Crippen molar-refractivity contribution >= 4 is 33.6 Å². The highest BCUT2D eigenvalue weighted by molar-refractivity contribution is 9.10. The van der Waals surface area contributed by atoms with Crippen LogP contribution in [0.4, 0.5) is 23.4 Å². The summed E-state index contributed by atoms with van der Waals surface area (Å²) in [7, 11) is 0. The van der Waals surface area contributed by atoms with Crippen LogP contribution in [0.5, 0.6) is 0 Å². The van der Waals surface area contributed by atoms with Crippen molar-refractivity contribution in [2.75, 3.05) is 4.90 Å². The van der Waals surface area contributed by atoms with E-state index in [0.29, 0.717) is 0 Å². The number of benzene rings is 2. The van der Waals surface area contributed by atoms with Crippen LogP contribution in [0.1, 0.15) is 20.7 Å². The maximum absolute atomic E-state index is 14.1. The summed E-state index contributed by atoms with van der Waals surface area (Å²) >= 11 is 3.00. The lowest BCUT2D eigenvalue weighted by molar-refractivity contribution is 0.0888. The highest BCUT2D eigenvalue weighted by Crippen LogP contribution is 2.24. The van der Waals surface area contributed by atoms with Gasteiger partial charge in [0.1, 0.15) is 39.0 Å². The zero-order valence-electron chi connectivity index (χ0n) is 13.7. The predicted octanol–water partition coefficient (Wildman–Crippen LogP) is 4.28. The van der Waals surface area contributed by atoms with Crippen LogP contribution in [0.15, 0.2) is 53.4 Å². The van der Waals surface area contributed by atoms with Gasteiger partial charge < -0.3 is 0 Å². The van der Waals surface area contributed by atoms with Crippen LogP contribution in [0.25, 0.3) is 0 Å². The van der Waals surface area contributed by atoms with E-state index in [1.165, 1.54) is 0 Å². The van der Waals surface area contributed by atoms with Crippen LogP contribution >= 0.6 is 15.9 Å². The van der Waals surface area contributed by atoms with Crippen LogP contribution in [-0.2, 0) is 0 Å². The summed E-state index contributed by atoms with van der Waals surface area (Å²) in [5.41, 5.74) is -2.17. The molecule has 0 N–H and O–H groups in total. The van der Waals surface area contributed by atoms with Crippen LogP contribution in [0.3, 0.4) is 0 Å². The van der Waals surface area contributed by atoms with Gasteiger partial charge >= 0.3 is 0 Å². The van der Waals surface area contributed by atoms with Crippen LogP contribution in [0.2, 0.25) is 0 Å². The van der Waals surface area contributed by atoms with Crippen molar-refractivity contribution in [1.82, 2.24) is 9.97 Å². The van der Waals surface area contributed by atoms with E-state index in [9.17, 15) is 27.2 Å². The molecule has 1 aromatic heterocycles. The van der Waals surface area contributed by atoms with Gasteiger partial charge in [-0.2, -0.15) is 0 Å². The first-order valence-electron chi connectivity index (χ1n) is 7.55. The van der Waals surface area contributed by atoms with E-state index in [0.717, 1.165) is 48.8 Å². The first-order chi connectivity index (χ1) is 13.3. The van der Waals surface area contributed by atoms with Crippen molar-refractivity contribution in [2.24, 2.45) is 0 Å². The quantitative estimate of drug-likeness (QED) is 0.438. The number of anilines is 1. The number of nitrogens with zero attached hydrogens (tertiary/aromatic N) is 3. The van der Waals surface area contributed by atoms with Crippen molar-refractivity contribution in [1.29, 1.82) is 0 Å². The monoisotopic (exact) mass is 453 g/mol. The molecule has 0 atom stereocenters. The van der Waals surface area contributed by atoms with Crippen LogP contribution in [0, 0.1) is 23.3 Å². The van der Waals surface area contributed by atoms with Crippen LogP contribution in [-0.4, -0.2) is 21.8 Å². The Morgan fingerprint density at radius 2 is 1.18 bits per heavy atom. The molecule has 3 rings (SSSR count). The number of halogens is 5. The van der Waals surface area contributed by atoms with Gasteiger partial charge in [-0.25, -0.2) is 32.4 Å². The zero-order chi connectivity index (χ0) is 20.4. The number of carbonyl (C=O) groups excluding carboxylic acids is 2. The Kier molecular flexibility index (Phi) is 5.50. The molecule has 0 spiro atoms. The summed E-state index contributed by atoms with van der Waals surface area (Å²) in [6.07, 6.45) is 2.02. The average molecular weight is 454 g/mol. The molecular formula is C18H8BrF4N3O2. The smallest absolute Gasteiger partial charge is 0.268 e. The molecule has 5 nitrogen and oxygen atoms in total. The molecule has 0 unspecified atom stereocenters. The number of hydrogen-bond acceptors (Lipinski definition) is 4. The maximum Gasteiger partial charge on any atom is 0.272 e. The lowest BCUT2D eigenvalue weighted by Crippen LogP contribution is -2.39. The highest BCUT2D eigenvalue weighted by Gasteiger charge is 2.34. The van der Waals surface area contributed by atoms with Gasteiger partial charge in [0.2, 0.25) is 0 Å². The highest BCUT2D eigenvalue weighted by atomic mass is 79.9. The largest absolute Gasteiger partial charge is 0.272 e. The molecule has 142 valence electrons. The first-order valence-corrected chi connectivity index (χ1v) is 8.35. The molecule has 2 amide bonds. The number of aromatic nitrogens is 2. The Hall–Kier alpha value is -3.14. The molecule has 2 aromatic carbocycles. The van der Waals surface area contributed by atoms with Gasteiger partial charge in [-0.3, -0.25) is 9.59 Å². The molecule has 0 radical (unpaired) electrons. The van der Waals surface area contributed by atoms with Gasteiger partial charge in [-0.1, -0.05) is 12.1 Å². The molecule has 0 bridgehead atoms. The molecule has 0 saturated carbocycles. The average Bonchev–Trinajstić information content (AvgIpc) is 2.63. The Morgan fingerprint density at radius 3 is 1.54 bits per heavy atom. The third-order valence-electron chi connectivity index (χ3n) is 3.60. The molecule has 1 heterocycles. The normalized spacial score (nSPS) is 10.6. The number of imide groups is 1. The summed E-state index contributed by atoms with van der Waals surface area (Å²) in [6.45, 7) is 0. The lowest BCUT2D eigenvalue weighted by Gasteiger charge is -2.20. The number of rotatable bonds is 3. The molecule has 0 aliphatic heterocycles. The third kappa shape index (κ3) is 3.63. The number of amides is 2. The standard InChI is InChI=1S/C18H8BrF4N3O2/c19-13-7-25-14(8-24-13)26(17(27)15-9(20)3-1-4-10(15)21)18(28)16-11(22)5-2-6-12(16)23/h1-8H. The minimum Gasteiger partial charge on any atom is -0.268 e. The van der Waals surface area contributed by atoms with Crippen molar-refractivity contribution in [3.8, 4) is 0 Å². The summed E-state index contributed by atoms with van der Waals surface area (Å²) < 4.78 is 56.5. The molecule has 0 aliphatic rings. The van der Waals surface area contributed by atoms with Crippen molar-refractivity contribution in [3.63, 3.8) is 0 Å². The van der Waals surface area contributed by atoms with E-state index in [2.05, 4.69) is 25.9 Å². The van der Waals surface area contributed by atoms with Crippen molar-refractivity contribution in [3.05, 3.63) is 87.8 Å². The van der Waals surface area contributed by atoms with E-state index in [-0.39, 0.29) is 9.50 Å². The molecule has 28 heavy (non-hydrogen) atoms. The topological polar surface area (TPSA) is 63.2 Å². The molecule has 0 aliphatic carbocycles. The second-order valence-corrected chi connectivity index (χ2v) is 6.15. The Balaban J connectivity index is 2.20. The van der Waals surface area contributed by atoms with E-state index >= 15 is 0 Å². The minimum absolute atomic E-state index is 0.155. The van der Waals surface area contributed by atoms with Gasteiger partial charge in [0.05, 0.1) is 12.4 Å². The maximum atomic E-state index is 14.1. The van der Waals surface area contributed by atoms with Gasteiger partial charge in [0, 0.05) is 0 Å². The summed E-state index contributed by atoms with van der Waals surface area (Å²) in [4.78, 5) is 33.3. The Morgan fingerprint density at radius 1 is 0.750 bits per heavy atom. The Labute approximate surface area is 163 Å². The fraction of sp³-hybridized carbons (Fsp3) is 0. The molecular weight excluding hydrogens is 446 g/mol. The first kappa shape index (κ1) is 19.6. The molecule has 10 heteroatoms. The summed E-state index contributed by atoms with van der Waals surface area (Å²) in [5.74, 6) is -8.53. The molecule has 0 fully saturated rings. The second-order valence-electron chi connectivity index (χ2n) is 5.34. The number of carbonyl (C=O) groups is 2. The summed E-state index contributed by atoms with van der Waals surface area (Å²) in [5, 5.41) is 0.